The Morgan fingerprint density at radius 2 is 1.83 bits per heavy atom. The third-order valence-corrected chi connectivity index (χ3v) is 4.14. The van der Waals surface area contributed by atoms with Crippen molar-refractivity contribution in [1.29, 1.82) is 0 Å². The molecule has 23 heavy (non-hydrogen) atoms. The zero-order valence-corrected chi connectivity index (χ0v) is 13.4. The normalized spacial score (nSPS) is 12.1. The number of nitrogens with zero attached hydrogens (tertiary/aromatic N) is 1. The molecule has 3 rings (SSSR count). The number of carbonyl (C=O) groups excluding carboxylic acids is 1. The van der Waals surface area contributed by atoms with Crippen molar-refractivity contribution < 1.29 is 13.9 Å². The van der Waals surface area contributed by atoms with Gasteiger partial charge < -0.3 is 14.1 Å². The fourth-order valence-electron chi connectivity index (χ4n) is 2.54. The van der Waals surface area contributed by atoms with E-state index < -0.39 is 0 Å². The van der Waals surface area contributed by atoms with E-state index in [1.807, 2.05) is 55.5 Å². The van der Waals surface area contributed by atoms with Crippen molar-refractivity contribution in [1.82, 2.24) is 4.90 Å². The van der Waals surface area contributed by atoms with Crippen molar-refractivity contribution in [2.75, 3.05) is 14.2 Å². The molecule has 0 N–H and O–H groups in total. The molecule has 118 valence electrons. The van der Waals surface area contributed by atoms with Gasteiger partial charge in [0, 0.05) is 12.4 Å². The van der Waals surface area contributed by atoms with Crippen LogP contribution in [0.3, 0.4) is 0 Å². The van der Waals surface area contributed by atoms with Crippen LogP contribution in [0.5, 0.6) is 5.75 Å². The number of fused-ring (bicyclic) bond motifs is 1. The van der Waals surface area contributed by atoms with E-state index in [0.717, 1.165) is 22.3 Å². The number of furan rings is 1. The third kappa shape index (κ3) is 2.93. The van der Waals surface area contributed by atoms with Gasteiger partial charge in [0.1, 0.15) is 11.3 Å². The summed E-state index contributed by atoms with van der Waals surface area (Å²) in [6.07, 6.45) is 0. The lowest BCUT2D eigenvalue weighted by Gasteiger charge is -2.24. The molecule has 0 radical (unpaired) electrons. The second kappa shape index (κ2) is 6.16. The summed E-state index contributed by atoms with van der Waals surface area (Å²) in [6.45, 7) is 1.99. The Labute approximate surface area is 135 Å². The molecular formula is C19H19NO3. The van der Waals surface area contributed by atoms with Gasteiger partial charge in [-0.25, -0.2) is 0 Å². The van der Waals surface area contributed by atoms with Gasteiger partial charge in [-0.15, -0.1) is 0 Å². The standard InChI is InChI=1S/C19H19NO3/c1-13(14-8-10-16(22-3)11-9-14)20(2)19(21)18-12-15-6-4-5-7-17(15)23-18/h4-13H,1-3H3. The van der Waals surface area contributed by atoms with Crippen molar-refractivity contribution in [2.24, 2.45) is 0 Å². The van der Waals surface area contributed by atoms with E-state index in [2.05, 4.69) is 0 Å². The van der Waals surface area contributed by atoms with Gasteiger partial charge in [-0.1, -0.05) is 30.3 Å². The third-order valence-electron chi connectivity index (χ3n) is 4.14. The number of benzene rings is 2. The van der Waals surface area contributed by atoms with E-state index >= 15 is 0 Å². The minimum atomic E-state index is -0.135. The summed E-state index contributed by atoms with van der Waals surface area (Å²) < 4.78 is 10.8. The molecule has 0 fully saturated rings. The molecule has 1 unspecified atom stereocenters. The SMILES string of the molecule is COc1ccc(C(C)N(C)C(=O)c2cc3ccccc3o2)cc1. The molecule has 0 bridgehead atoms. The molecule has 0 saturated carbocycles. The van der Waals surface area contributed by atoms with Gasteiger partial charge >= 0.3 is 0 Å². The topological polar surface area (TPSA) is 42.7 Å². The van der Waals surface area contributed by atoms with Gasteiger partial charge in [-0.2, -0.15) is 0 Å². The number of rotatable bonds is 4. The van der Waals surface area contributed by atoms with E-state index in [0.29, 0.717) is 5.76 Å². The predicted octanol–water partition coefficient (Wildman–Crippen LogP) is 4.27. The van der Waals surface area contributed by atoms with E-state index in [9.17, 15) is 4.79 Å². The lowest BCUT2D eigenvalue weighted by Crippen LogP contribution is -2.29. The Morgan fingerprint density at radius 1 is 1.13 bits per heavy atom. The summed E-state index contributed by atoms with van der Waals surface area (Å²) in [5.41, 5.74) is 1.76. The number of hydrogen-bond donors (Lipinski definition) is 0. The van der Waals surface area contributed by atoms with Crippen molar-refractivity contribution in [3.63, 3.8) is 0 Å². The van der Waals surface area contributed by atoms with Gasteiger partial charge in [-0.3, -0.25) is 4.79 Å². The van der Waals surface area contributed by atoms with E-state index in [-0.39, 0.29) is 11.9 Å². The van der Waals surface area contributed by atoms with Crippen LogP contribution in [0.25, 0.3) is 11.0 Å². The van der Waals surface area contributed by atoms with Crippen molar-refractivity contribution in [3.05, 3.63) is 65.9 Å². The number of ether oxygens (including phenoxy) is 1. The summed E-state index contributed by atoms with van der Waals surface area (Å²) in [6, 6.07) is 17.0. The monoisotopic (exact) mass is 309 g/mol. The Morgan fingerprint density at radius 3 is 2.48 bits per heavy atom. The Hall–Kier alpha value is -2.75. The average Bonchev–Trinajstić information content (AvgIpc) is 3.04. The minimum absolute atomic E-state index is 0.0679. The van der Waals surface area contributed by atoms with Crippen LogP contribution in [0.1, 0.15) is 29.1 Å². The molecule has 0 aliphatic carbocycles. The average molecular weight is 309 g/mol. The molecule has 1 atom stereocenters. The van der Waals surface area contributed by atoms with Gasteiger partial charge in [-0.05, 0) is 36.8 Å². The Balaban J connectivity index is 1.82. The molecular weight excluding hydrogens is 290 g/mol. The fourth-order valence-corrected chi connectivity index (χ4v) is 2.54. The van der Waals surface area contributed by atoms with Gasteiger partial charge in [0.25, 0.3) is 5.91 Å². The molecule has 3 aromatic rings. The summed E-state index contributed by atoms with van der Waals surface area (Å²) in [4.78, 5) is 14.3. The Kier molecular flexibility index (Phi) is 4.06. The highest BCUT2D eigenvalue weighted by atomic mass is 16.5. The molecule has 4 nitrogen and oxygen atoms in total. The van der Waals surface area contributed by atoms with Gasteiger partial charge in [0.15, 0.2) is 5.76 Å². The molecule has 0 aliphatic rings. The second-order valence-corrected chi connectivity index (χ2v) is 5.51. The maximum absolute atomic E-state index is 12.7. The first-order valence-corrected chi connectivity index (χ1v) is 7.50. The maximum Gasteiger partial charge on any atom is 0.289 e. The summed E-state index contributed by atoms with van der Waals surface area (Å²) in [5.74, 6) is 1.02. The van der Waals surface area contributed by atoms with Gasteiger partial charge in [0.05, 0.1) is 13.2 Å². The smallest absolute Gasteiger partial charge is 0.289 e. The highest BCUT2D eigenvalue weighted by molar-refractivity contribution is 5.96. The van der Waals surface area contributed by atoms with Gasteiger partial charge in [0.2, 0.25) is 0 Å². The molecule has 0 aliphatic heterocycles. The van der Waals surface area contributed by atoms with Crippen LogP contribution in [0.15, 0.2) is 59.0 Å². The second-order valence-electron chi connectivity index (χ2n) is 5.51. The highest BCUT2D eigenvalue weighted by Crippen LogP contribution is 2.25. The predicted molar refractivity (Wildman–Crippen MR) is 89.7 cm³/mol. The zero-order chi connectivity index (χ0) is 16.4. The summed E-state index contributed by atoms with van der Waals surface area (Å²) in [5, 5.41) is 0.932. The van der Waals surface area contributed by atoms with Crippen LogP contribution < -0.4 is 4.74 Å². The van der Waals surface area contributed by atoms with Crippen LogP contribution >= 0.6 is 0 Å². The van der Waals surface area contributed by atoms with Crippen LogP contribution in [0.4, 0.5) is 0 Å². The number of methoxy groups -OCH3 is 1. The first kappa shape index (κ1) is 15.2. The highest BCUT2D eigenvalue weighted by Gasteiger charge is 2.22. The molecule has 1 heterocycles. The Bertz CT molecular complexity index is 787. The molecule has 1 aromatic heterocycles. The first-order chi connectivity index (χ1) is 11.1. The molecule has 1 amide bonds. The molecule has 0 saturated heterocycles. The fraction of sp³-hybridized carbons (Fsp3) is 0.211. The number of amides is 1. The quantitative estimate of drug-likeness (QED) is 0.722. The largest absolute Gasteiger partial charge is 0.497 e. The molecule has 4 heteroatoms. The first-order valence-electron chi connectivity index (χ1n) is 7.50. The van der Waals surface area contributed by atoms with E-state index in [1.54, 1.807) is 25.1 Å². The summed E-state index contributed by atoms with van der Waals surface area (Å²) >= 11 is 0. The van der Waals surface area contributed by atoms with E-state index in [1.165, 1.54) is 0 Å². The lowest BCUT2D eigenvalue weighted by molar-refractivity contribution is 0.0713. The maximum atomic E-state index is 12.7. The van der Waals surface area contributed by atoms with Crippen LogP contribution in [-0.2, 0) is 0 Å². The molecule has 2 aromatic carbocycles. The molecule has 0 spiro atoms. The van der Waals surface area contributed by atoms with Crippen molar-refractivity contribution in [3.8, 4) is 5.75 Å². The van der Waals surface area contributed by atoms with Crippen LogP contribution in [0.2, 0.25) is 0 Å². The van der Waals surface area contributed by atoms with Crippen LogP contribution in [0, 0.1) is 0 Å². The van der Waals surface area contributed by atoms with Crippen molar-refractivity contribution >= 4 is 16.9 Å². The lowest BCUT2D eigenvalue weighted by atomic mass is 10.1. The number of para-hydroxylation sites is 1. The number of hydrogen-bond acceptors (Lipinski definition) is 3. The minimum Gasteiger partial charge on any atom is -0.497 e. The van der Waals surface area contributed by atoms with E-state index in [4.69, 9.17) is 9.15 Å². The zero-order valence-electron chi connectivity index (χ0n) is 13.4. The van der Waals surface area contributed by atoms with Crippen molar-refractivity contribution in [2.45, 2.75) is 13.0 Å². The van der Waals surface area contributed by atoms with Crippen LogP contribution in [-0.4, -0.2) is 25.0 Å². The number of carbonyl (C=O) groups is 1. The summed E-state index contributed by atoms with van der Waals surface area (Å²) in [7, 11) is 3.42.